The van der Waals surface area contributed by atoms with Crippen molar-refractivity contribution in [3.05, 3.63) is 30.1 Å². The first kappa shape index (κ1) is 21.6. The monoisotopic (exact) mass is 389 g/mol. The quantitative estimate of drug-likeness (QED) is 0.323. The van der Waals surface area contributed by atoms with Crippen molar-refractivity contribution >= 4 is 11.8 Å². The first-order chi connectivity index (χ1) is 11.8. The molecule has 26 heavy (non-hydrogen) atoms. The molecule has 1 rings (SSSR count). The van der Waals surface area contributed by atoms with Crippen molar-refractivity contribution < 1.29 is 45.3 Å². The molecule has 0 saturated carbocycles. The number of hydrogen-bond donors (Lipinski definition) is 0. The smallest absolute Gasteiger partial charge is 0.460 e. The van der Waals surface area contributed by atoms with Gasteiger partial charge in [0.05, 0.1) is 0 Å². The molecule has 1 heterocycles. The normalized spacial score (nSPS) is 13.7. The van der Waals surface area contributed by atoms with Gasteiger partial charge in [-0.2, -0.15) is 30.7 Å². The van der Waals surface area contributed by atoms with Crippen LogP contribution in [0.2, 0.25) is 0 Å². The highest BCUT2D eigenvalue weighted by Crippen LogP contribution is 2.46. The second-order valence-corrected chi connectivity index (χ2v) is 5.00. The highest BCUT2D eigenvalue weighted by molar-refractivity contribution is 5.93. The van der Waals surface area contributed by atoms with Crippen molar-refractivity contribution in [2.75, 3.05) is 13.1 Å². The number of nitrogens with zero attached hydrogens (tertiary/aromatic N) is 3. The number of amides is 1. The minimum absolute atomic E-state index is 0.126. The van der Waals surface area contributed by atoms with Crippen molar-refractivity contribution in [2.24, 2.45) is 5.10 Å². The van der Waals surface area contributed by atoms with Crippen LogP contribution in [-0.4, -0.2) is 47.8 Å². The standard InChI is InChI=1S/C14H14F7N3O2/c1-3-23(4-2)10(25)9-6-5-7-24(8-9)22-11(26)12(15,16)13(17,18)14(19,20)21/h5-8H,3-4H2,1-2H3. The van der Waals surface area contributed by atoms with Crippen LogP contribution in [0.5, 0.6) is 0 Å². The molecule has 1 aromatic rings. The number of carbonyl (C=O) groups excluding carboxylic acids is 1. The Morgan fingerprint density at radius 3 is 2.15 bits per heavy atom. The summed E-state index contributed by atoms with van der Waals surface area (Å²) in [6.45, 7) is 3.92. The zero-order chi connectivity index (χ0) is 20.3. The van der Waals surface area contributed by atoms with Crippen molar-refractivity contribution in [3.63, 3.8) is 0 Å². The lowest BCUT2D eigenvalue weighted by molar-refractivity contribution is -0.682. The number of pyridine rings is 1. The summed E-state index contributed by atoms with van der Waals surface area (Å²) in [5, 5.41) is 13.8. The van der Waals surface area contributed by atoms with E-state index in [9.17, 15) is 40.6 Å². The predicted octanol–water partition coefficient (Wildman–Crippen LogP) is 1.81. The number of aromatic nitrogens is 1. The molecule has 0 spiro atoms. The number of carbonyl (C=O) groups is 1. The van der Waals surface area contributed by atoms with Crippen LogP contribution in [0.4, 0.5) is 30.7 Å². The zero-order valence-corrected chi connectivity index (χ0v) is 13.5. The number of halogens is 7. The van der Waals surface area contributed by atoms with E-state index in [0.29, 0.717) is 13.1 Å². The van der Waals surface area contributed by atoms with Gasteiger partial charge >= 0.3 is 18.0 Å². The van der Waals surface area contributed by atoms with Gasteiger partial charge in [-0.15, -0.1) is 0 Å². The Balaban J connectivity index is 3.25. The van der Waals surface area contributed by atoms with Gasteiger partial charge < -0.3 is 10.0 Å². The predicted molar refractivity (Wildman–Crippen MR) is 72.7 cm³/mol. The first-order valence-corrected chi connectivity index (χ1v) is 7.19. The SMILES string of the molecule is CCN(CC)C(=O)c1ccc[n+](/N=C(\[O-])C(F)(F)C(F)(F)C(F)(F)F)c1. The molecule has 5 nitrogen and oxygen atoms in total. The Morgan fingerprint density at radius 1 is 1.15 bits per heavy atom. The van der Waals surface area contributed by atoms with E-state index in [4.69, 9.17) is 0 Å². The van der Waals surface area contributed by atoms with Crippen LogP contribution in [0.15, 0.2) is 29.6 Å². The molecule has 0 saturated heterocycles. The molecule has 0 unspecified atom stereocenters. The van der Waals surface area contributed by atoms with Crippen LogP contribution < -0.4 is 9.78 Å². The molecule has 1 aromatic heterocycles. The van der Waals surface area contributed by atoms with Gasteiger partial charge in [-0.05, 0) is 25.0 Å². The summed E-state index contributed by atoms with van der Waals surface area (Å²) in [5.41, 5.74) is -0.126. The van der Waals surface area contributed by atoms with E-state index in [0.717, 1.165) is 18.5 Å². The van der Waals surface area contributed by atoms with Gasteiger partial charge in [-0.1, -0.05) is 4.68 Å². The summed E-state index contributed by atoms with van der Waals surface area (Å²) < 4.78 is 88.8. The van der Waals surface area contributed by atoms with Crippen LogP contribution in [0.1, 0.15) is 24.2 Å². The zero-order valence-electron chi connectivity index (χ0n) is 13.5. The second kappa shape index (κ2) is 7.46. The summed E-state index contributed by atoms with van der Waals surface area (Å²) in [5.74, 6) is -16.3. The Morgan fingerprint density at radius 2 is 1.69 bits per heavy atom. The lowest BCUT2D eigenvalue weighted by atomic mass is 10.1. The number of hydrogen-bond acceptors (Lipinski definition) is 3. The Hall–Kier alpha value is -2.40. The molecule has 0 radical (unpaired) electrons. The fourth-order valence-electron chi connectivity index (χ4n) is 1.83. The van der Waals surface area contributed by atoms with Crippen molar-refractivity contribution in [1.82, 2.24) is 4.90 Å². The summed E-state index contributed by atoms with van der Waals surface area (Å²) in [4.78, 5) is 13.4. The lowest BCUT2D eigenvalue weighted by Crippen LogP contribution is -2.60. The maximum absolute atomic E-state index is 13.3. The maximum atomic E-state index is 13.3. The summed E-state index contributed by atoms with van der Waals surface area (Å²) in [7, 11) is 0. The molecule has 146 valence electrons. The molecule has 1 amide bonds. The summed E-state index contributed by atoms with van der Waals surface area (Å²) in [6, 6.07) is 2.33. The molecule has 0 aromatic carbocycles. The third-order valence-electron chi connectivity index (χ3n) is 3.31. The molecule has 0 aliphatic rings. The Labute approximate surface area is 143 Å². The molecule has 0 fully saturated rings. The van der Waals surface area contributed by atoms with E-state index in [1.54, 1.807) is 13.8 Å². The molecule has 0 aliphatic heterocycles. The van der Waals surface area contributed by atoms with E-state index in [2.05, 4.69) is 5.10 Å². The van der Waals surface area contributed by atoms with Gasteiger partial charge in [0.1, 0.15) is 11.5 Å². The minimum Gasteiger partial charge on any atom is -0.853 e. The average molecular weight is 389 g/mol. The average Bonchev–Trinajstić information content (AvgIpc) is 2.54. The van der Waals surface area contributed by atoms with Gasteiger partial charge in [-0.3, -0.25) is 4.79 Å². The number of rotatable bonds is 6. The van der Waals surface area contributed by atoms with E-state index in [1.807, 2.05) is 0 Å². The van der Waals surface area contributed by atoms with Crippen LogP contribution >= 0.6 is 0 Å². The second-order valence-electron chi connectivity index (χ2n) is 5.00. The van der Waals surface area contributed by atoms with Crippen molar-refractivity contribution in [1.29, 1.82) is 0 Å². The third-order valence-corrected chi connectivity index (χ3v) is 3.31. The number of alkyl halides is 7. The third kappa shape index (κ3) is 4.05. The highest BCUT2D eigenvalue weighted by atomic mass is 19.4. The van der Waals surface area contributed by atoms with E-state index >= 15 is 0 Å². The molecule has 0 N–H and O–H groups in total. The summed E-state index contributed by atoms with van der Waals surface area (Å²) in [6.07, 6.45) is -5.05. The molecular formula is C14H14F7N3O2. The van der Waals surface area contributed by atoms with Gasteiger partial charge in [0.2, 0.25) is 12.4 Å². The maximum Gasteiger partial charge on any atom is 0.460 e. The van der Waals surface area contributed by atoms with Crippen LogP contribution in [-0.2, 0) is 0 Å². The minimum atomic E-state index is -6.65. The highest BCUT2D eigenvalue weighted by Gasteiger charge is 2.73. The van der Waals surface area contributed by atoms with E-state index in [1.165, 1.54) is 11.0 Å². The fraction of sp³-hybridized carbons (Fsp3) is 0.500. The first-order valence-electron chi connectivity index (χ1n) is 7.19. The van der Waals surface area contributed by atoms with Gasteiger partial charge in [0.15, 0.2) is 0 Å². The molecule has 0 bridgehead atoms. The largest absolute Gasteiger partial charge is 0.853 e. The topological polar surface area (TPSA) is 59.6 Å². The van der Waals surface area contributed by atoms with Crippen molar-refractivity contribution in [3.8, 4) is 0 Å². The Bertz CT molecular complexity index is 685. The van der Waals surface area contributed by atoms with Crippen LogP contribution in [0.25, 0.3) is 0 Å². The molecule has 0 aliphatic carbocycles. The van der Waals surface area contributed by atoms with Crippen LogP contribution in [0.3, 0.4) is 0 Å². The van der Waals surface area contributed by atoms with Gasteiger partial charge in [-0.25, -0.2) is 0 Å². The van der Waals surface area contributed by atoms with Crippen molar-refractivity contribution in [2.45, 2.75) is 31.9 Å². The molecular weight excluding hydrogens is 375 g/mol. The molecule has 12 heteroatoms. The van der Waals surface area contributed by atoms with E-state index in [-0.39, 0.29) is 10.2 Å². The Kier molecular flexibility index (Phi) is 6.21. The van der Waals surface area contributed by atoms with Gasteiger partial charge in [0.25, 0.3) is 5.91 Å². The van der Waals surface area contributed by atoms with Gasteiger partial charge in [0, 0.05) is 19.2 Å². The molecule has 0 atom stereocenters. The van der Waals surface area contributed by atoms with E-state index < -0.39 is 29.8 Å². The fourth-order valence-corrected chi connectivity index (χ4v) is 1.83. The lowest BCUT2D eigenvalue weighted by Gasteiger charge is -2.29. The van der Waals surface area contributed by atoms with Crippen LogP contribution in [0, 0.1) is 0 Å². The summed E-state index contributed by atoms with van der Waals surface area (Å²) >= 11 is 0.